The van der Waals surface area contributed by atoms with Gasteiger partial charge in [-0.05, 0) is 19.1 Å². The second-order valence-corrected chi connectivity index (χ2v) is 5.98. The quantitative estimate of drug-likeness (QED) is 0.758. The molecular weight excluding hydrogens is 338 g/mol. The van der Waals surface area contributed by atoms with Crippen molar-refractivity contribution in [3.8, 4) is 11.5 Å². The zero-order valence-corrected chi connectivity index (χ0v) is 15.5. The van der Waals surface area contributed by atoms with Crippen LogP contribution in [0.2, 0.25) is 0 Å². The molecule has 2 aromatic rings. The van der Waals surface area contributed by atoms with Gasteiger partial charge in [-0.3, -0.25) is 9.89 Å². The molecule has 0 spiro atoms. The monoisotopic (exact) mass is 361 g/mol. The van der Waals surface area contributed by atoms with E-state index in [0.717, 1.165) is 16.8 Å². The first-order valence-electron chi connectivity index (χ1n) is 8.19. The lowest BCUT2D eigenvalue weighted by Gasteiger charge is -2.29. The standard InChI is InChI=1S/C18H23N3O5/c1-10-15-16(20-19-10)18(22)21(9-14(25-4)26-5)17(15)12-7-6-11(23-2)8-13(12)24-3/h6-8,14,17H,9H2,1-5H3,(H,19,20). The second kappa shape index (κ2) is 7.35. The van der Waals surface area contributed by atoms with Gasteiger partial charge in [0, 0.05) is 37.1 Å². The molecule has 3 rings (SSSR count). The molecule has 1 N–H and O–H groups in total. The van der Waals surface area contributed by atoms with Crippen LogP contribution in [0.3, 0.4) is 0 Å². The van der Waals surface area contributed by atoms with Gasteiger partial charge in [0.1, 0.15) is 11.5 Å². The lowest BCUT2D eigenvalue weighted by Crippen LogP contribution is -2.38. The van der Waals surface area contributed by atoms with Gasteiger partial charge in [0.2, 0.25) is 0 Å². The summed E-state index contributed by atoms with van der Waals surface area (Å²) in [7, 11) is 6.28. The van der Waals surface area contributed by atoms with E-state index in [4.69, 9.17) is 18.9 Å². The van der Waals surface area contributed by atoms with Gasteiger partial charge in [-0.2, -0.15) is 5.10 Å². The van der Waals surface area contributed by atoms with E-state index in [-0.39, 0.29) is 18.5 Å². The SMILES string of the molecule is COc1ccc(C2c3c(n[nH]c3C)C(=O)N2CC(OC)OC)c(OC)c1. The topological polar surface area (TPSA) is 85.9 Å². The average Bonchev–Trinajstić information content (AvgIpc) is 3.17. The number of hydrogen-bond donors (Lipinski definition) is 1. The fourth-order valence-corrected chi connectivity index (χ4v) is 3.31. The first-order valence-corrected chi connectivity index (χ1v) is 8.19. The number of aromatic nitrogens is 2. The summed E-state index contributed by atoms with van der Waals surface area (Å²) in [4.78, 5) is 14.6. The van der Waals surface area contributed by atoms with Crippen LogP contribution in [0, 0.1) is 6.92 Å². The number of benzene rings is 1. The Kier molecular flexibility index (Phi) is 5.15. The van der Waals surface area contributed by atoms with E-state index in [1.807, 2.05) is 19.1 Å². The highest BCUT2D eigenvalue weighted by atomic mass is 16.7. The Hall–Kier alpha value is -2.58. The molecule has 0 radical (unpaired) electrons. The number of ether oxygens (including phenoxy) is 4. The Morgan fingerprint density at radius 2 is 1.92 bits per heavy atom. The smallest absolute Gasteiger partial charge is 0.275 e. The van der Waals surface area contributed by atoms with E-state index in [1.165, 1.54) is 0 Å². The molecule has 1 aliphatic heterocycles. The van der Waals surface area contributed by atoms with Crippen molar-refractivity contribution >= 4 is 5.91 Å². The van der Waals surface area contributed by atoms with Crippen LogP contribution in [0.25, 0.3) is 0 Å². The maximum atomic E-state index is 13.0. The summed E-state index contributed by atoms with van der Waals surface area (Å²) in [5.41, 5.74) is 2.93. The predicted molar refractivity (Wildman–Crippen MR) is 93.6 cm³/mol. The van der Waals surface area contributed by atoms with Crippen molar-refractivity contribution in [2.45, 2.75) is 19.3 Å². The highest BCUT2D eigenvalue weighted by molar-refractivity contribution is 5.98. The lowest BCUT2D eigenvalue weighted by atomic mass is 9.98. The third kappa shape index (κ3) is 2.91. The van der Waals surface area contributed by atoms with E-state index in [0.29, 0.717) is 17.2 Å². The number of amides is 1. The average molecular weight is 361 g/mol. The number of carbonyl (C=O) groups excluding carboxylic acids is 1. The number of rotatable bonds is 7. The number of fused-ring (bicyclic) bond motifs is 1. The van der Waals surface area contributed by atoms with Gasteiger partial charge in [0.25, 0.3) is 5.91 Å². The normalized spacial score (nSPS) is 16.3. The molecular formula is C18H23N3O5. The van der Waals surface area contributed by atoms with Crippen molar-refractivity contribution in [3.05, 3.63) is 40.7 Å². The molecule has 0 aliphatic carbocycles. The molecule has 1 atom stereocenters. The fourth-order valence-electron chi connectivity index (χ4n) is 3.31. The molecule has 2 heterocycles. The Morgan fingerprint density at radius 1 is 1.19 bits per heavy atom. The molecule has 8 nitrogen and oxygen atoms in total. The molecule has 0 saturated heterocycles. The minimum Gasteiger partial charge on any atom is -0.497 e. The molecule has 1 aliphatic rings. The third-order valence-corrected chi connectivity index (χ3v) is 4.65. The highest BCUT2D eigenvalue weighted by Crippen LogP contribution is 2.43. The van der Waals surface area contributed by atoms with Crippen LogP contribution in [-0.2, 0) is 9.47 Å². The number of nitrogens with zero attached hydrogens (tertiary/aromatic N) is 2. The van der Waals surface area contributed by atoms with Gasteiger partial charge in [0.15, 0.2) is 12.0 Å². The van der Waals surface area contributed by atoms with E-state index < -0.39 is 6.29 Å². The summed E-state index contributed by atoms with van der Waals surface area (Å²) < 4.78 is 21.4. The zero-order chi connectivity index (χ0) is 18.8. The Labute approximate surface area is 152 Å². The summed E-state index contributed by atoms with van der Waals surface area (Å²) in [6, 6.07) is 5.19. The van der Waals surface area contributed by atoms with Crippen LogP contribution in [0.15, 0.2) is 18.2 Å². The van der Waals surface area contributed by atoms with Crippen molar-refractivity contribution in [1.29, 1.82) is 0 Å². The lowest BCUT2D eigenvalue weighted by molar-refractivity contribution is -0.113. The summed E-state index contributed by atoms with van der Waals surface area (Å²) in [6.07, 6.45) is -0.543. The van der Waals surface area contributed by atoms with Crippen LogP contribution in [0.4, 0.5) is 0 Å². The minimum atomic E-state index is -0.543. The molecule has 8 heteroatoms. The van der Waals surface area contributed by atoms with Crippen LogP contribution >= 0.6 is 0 Å². The highest BCUT2D eigenvalue weighted by Gasteiger charge is 2.43. The van der Waals surface area contributed by atoms with Crippen LogP contribution < -0.4 is 9.47 Å². The summed E-state index contributed by atoms with van der Waals surface area (Å²) in [5.74, 6) is 1.13. The summed E-state index contributed by atoms with van der Waals surface area (Å²) in [5, 5.41) is 7.09. The molecule has 140 valence electrons. The first kappa shape index (κ1) is 18.2. The van der Waals surface area contributed by atoms with Gasteiger partial charge >= 0.3 is 0 Å². The first-order chi connectivity index (χ1) is 12.5. The summed E-state index contributed by atoms with van der Waals surface area (Å²) in [6.45, 7) is 2.16. The van der Waals surface area contributed by atoms with Gasteiger partial charge in [0.05, 0.1) is 26.8 Å². The molecule has 1 aromatic carbocycles. The third-order valence-electron chi connectivity index (χ3n) is 4.65. The summed E-state index contributed by atoms with van der Waals surface area (Å²) >= 11 is 0. The van der Waals surface area contributed by atoms with E-state index in [2.05, 4.69) is 10.2 Å². The van der Waals surface area contributed by atoms with Crippen LogP contribution in [0.5, 0.6) is 11.5 Å². The minimum absolute atomic E-state index is 0.175. The predicted octanol–water partition coefficient (Wildman–Crippen LogP) is 1.90. The maximum Gasteiger partial charge on any atom is 0.275 e. The van der Waals surface area contributed by atoms with Crippen LogP contribution in [-0.4, -0.2) is 62.3 Å². The molecule has 1 aromatic heterocycles. The fraction of sp³-hybridized carbons (Fsp3) is 0.444. The number of methoxy groups -OCH3 is 4. The number of hydrogen-bond acceptors (Lipinski definition) is 6. The van der Waals surface area contributed by atoms with Crippen molar-refractivity contribution in [2.24, 2.45) is 0 Å². The molecule has 1 amide bonds. The number of aryl methyl sites for hydroxylation is 1. The van der Waals surface area contributed by atoms with E-state index in [1.54, 1.807) is 39.4 Å². The molecule has 26 heavy (non-hydrogen) atoms. The van der Waals surface area contributed by atoms with Crippen molar-refractivity contribution in [2.75, 3.05) is 35.0 Å². The number of H-pyrrole nitrogens is 1. The zero-order valence-electron chi connectivity index (χ0n) is 15.5. The van der Waals surface area contributed by atoms with Gasteiger partial charge < -0.3 is 23.8 Å². The Bertz CT molecular complexity index is 800. The van der Waals surface area contributed by atoms with Crippen LogP contribution in [0.1, 0.15) is 33.4 Å². The number of nitrogens with one attached hydrogen (secondary N) is 1. The van der Waals surface area contributed by atoms with E-state index >= 15 is 0 Å². The molecule has 0 saturated carbocycles. The molecule has 0 fully saturated rings. The maximum absolute atomic E-state index is 13.0. The van der Waals surface area contributed by atoms with Gasteiger partial charge in [-0.1, -0.05) is 0 Å². The Balaban J connectivity index is 2.11. The van der Waals surface area contributed by atoms with Crippen molar-refractivity contribution < 1.29 is 23.7 Å². The van der Waals surface area contributed by atoms with Gasteiger partial charge in [-0.15, -0.1) is 0 Å². The molecule has 0 bridgehead atoms. The van der Waals surface area contributed by atoms with E-state index in [9.17, 15) is 4.79 Å². The Morgan fingerprint density at radius 3 is 2.54 bits per heavy atom. The van der Waals surface area contributed by atoms with Crippen molar-refractivity contribution in [1.82, 2.24) is 15.1 Å². The van der Waals surface area contributed by atoms with Crippen molar-refractivity contribution in [3.63, 3.8) is 0 Å². The number of carbonyl (C=O) groups is 1. The van der Waals surface area contributed by atoms with Gasteiger partial charge in [-0.25, -0.2) is 0 Å². The number of aromatic amines is 1. The second-order valence-electron chi connectivity index (χ2n) is 5.98. The largest absolute Gasteiger partial charge is 0.497 e. The molecule has 1 unspecified atom stereocenters.